The number of alkyl halides is 3. The summed E-state index contributed by atoms with van der Waals surface area (Å²) in [6, 6.07) is 0. The van der Waals surface area contributed by atoms with E-state index in [1.165, 1.54) is 12.8 Å². The van der Waals surface area contributed by atoms with Gasteiger partial charge in [0.1, 0.15) is 0 Å². The Morgan fingerprint density at radius 1 is 1.00 bits per heavy atom. The second-order valence-electron chi connectivity index (χ2n) is 6.29. The minimum atomic E-state index is -4.10. The molecule has 1 saturated heterocycles. The first-order valence-corrected chi connectivity index (χ1v) is 8.10. The molecule has 0 aromatic carbocycles. The van der Waals surface area contributed by atoms with Gasteiger partial charge in [0.15, 0.2) is 5.96 Å². The van der Waals surface area contributed by atoms with Gasteiger partial charge in [-0.25, -0.2) is 0 Å². The summed E-state index contributed by atoms with van der Waals surface area (Å²) < 4.78 is 39.1. The van der Waals surface area contributed by atoms with Crippen LogP contribution in [-0.4, -0.2) is 36.7 Å². The van der Waals surface area contributed by atoms with E-state index in [-0.39, 0.29) is 13.0 Å². The second-order valence-corrected chi connectivity index (χ2v) is 6.29. The largest absolute Gasteiger partial charge is 0.392 e. The molecule has 1 saturated carbocycles. The van der Waals surface area contributed by atoms with Gasteiger partial charge in [0.05, 0.1) is 5.92 Å². The summed E-state index contributed by atoms with van der Waals surface area (Å²) >= 11 is 0. The minimum Gasteiger partial charge on any atom is -0.370 e. The molecule has 0 amide bonds. The average Bonchev–Trinajstić information content (AvgIpc) is 2.73. The number of hydrogen-bond donors (Lipinski definition) is 1. The molecule has 1 aliphatic carbocycles. The SMILES string of the molecule is NC(=NC[C@H]1CCCC[C@H]1C(F)(F)F)N1CCCCCC1. The first kappa shape index (κ1) is 16.4. The third kappa shape index (κ3) is 4.78. The van der Waals surface area contributed by atoms with Gasteiger partial charge >= 0.3 is 6.18 Å². The topological polar surface area (TPSA) is 41.6 Å². The Balaban J connectivity index is 1.93. The Hall–Kier alpha value is -0.940. The van der Waals surface area contributed by atoms with Crippen LogP contribution in [0.4, 0.5) is 13.2 Å². The minimum absolute atomic E-state index is 0.215. The van der Waals surface area contributed by atoms with E-state index in [1.807, 2.05) is 4.90 Å². The molecule has 0 aromatic heterocycles. The highest BCUT2D eigenvalue weighted by atomic mass is 19.4. The summed E-state index contributed by atoms with van der Waals surface area (Å²) in [5.41, 5.74) is 5.98. The highest BCUT2D eigenvalue weighted by molar-refractivity contribution is 5.78. The van der Waals surface area contributed by atoms with E-state index in [9.17, 15) is 13.2 Å². The zero-order chi connectivity index (χ0) is 15.3. The van der Waals surface area contributed by atoms with Crippen LogP contribution < -0.4 is 5.73 Å². The number of nitrogens with two attached hydrogens (primary N) is 1. The molecule has 0 radical (unpaired) electrons. The van der Waals surface area contributed by atoms with Crippen molar-refractivity contribution in [3.05, 3.63) is 0 Å². The summed E-state index contributed by atoms with van der Waals surface area (Å²) in [5.74, 6) is -1.17. The van der Waals surface area contributed by atoms with Gasteiger partial charge < -0.3 is 10.6 Å². The molecule has 0 unspecified atom stereocenters. The molecule has 21 heavy (non-hydrogen) atoms. The Morgan fingerprint density at radius 2 is 1.62 bits per heavy atom. The van der Waals surface area contributed by atoms with Gasteiger partial charge in [-0.15, -0.1) is 0 Å². The Kier molecular flexibility index (Phi) is 5.76. The molecular formula is C15H26F3N3. The van der Waals surface area contributed by atoms with Crippen LogP contribution in [0.3, 0.4) is 0 Å². The summed E-state index contributed by atoms with van der Waals surface area (Å²) in [6.45, 7) is 1.97. The van der Waals surface area contributed by atoms with Crippen LogP contribution >= 0.6 is 0 Å². The fourth-order valence-electron chi connectivity index (χ4n) is 3.47. The predicted molar refractivity (Wildman–Crippen MR) is 78.0 cm³/mol. The number of nitrogens with zero attached hydrogens (tertiary/aromatic N) is 2. The fraction of sp³-hybridized carbons (Fsp3) is 0.933. The molecule has 3 nitrogen and oxygen atoms in total. The smallest absolute Gasteiger partial charge is 0.370 e. The number of aliphatic imine (C=N–C) groups is 1. The molecule has 122 valence electrons. The lowest BCUT2D eigenvalue weighted by atomic mass is 9.79. The number of rotatable bonds is 2. The van der Waals surface area contributed by atoms with Crippen molar-refractivity contribution in [3.63, 3.8) is 0 Å². The third-order valence-electron chi connectivity index (χ3n) is 4.75. The van der Waals surface area contributed by atoms with Crippen molar-refractivity contribution in [1.29, 1.82) is 0 Å². The van der Waals surface area contributed by atoms with E-state index in [2.05, 4.69) is 4.99 Å². The molecule has 1 heterocycles. The van der Waals surface area contributed by atoms with Crippen molar-refractivity contribution in [1.82, 2.24) is 4.90 Å². The van der Waals surface area contributed by atoms with E-state index in [4.69, 9.17) is 5.73 Å². The van der Waals surface area contributed by atoms with Gasteiger partial charge in [-0.05, 0) is 31.6 Å². The first-order valence-electron chi connectivity index (χ1n) is 8.10. The van der Waals surface area contributed by atoms with Crippen molar-refractivity contribution in [2.75, 3.05) is 19.6 Å². The Bertz CT molecular complexity index is 347. The maximum absolute atomic E-state index is 13.0. The monoisotopic (exact) mass is 305 g/mol. The number of halogens is 3. The van der Waals surface area contributed by atoms with Crippen LogP contribution in [0.15, 0.2) is 4.99 Å². The molecule has 2 N–H and O–H groups in total. The molecule has 2 fully saturated rings. The Morgan fingerprint density at radius 3 is 2.24 bits per heavy atom. The van der Waals surface area contributed by atoms with Crippen molar-refractivity contribution in [2.45, 2.75) is 57.5 Å². The van der Waals surface area contributed by atoms with Gasteiger partial charge in [-0.2, -0.15) is 13.2 Å². The molecule has 2 rings (SSSR count). The van der Waals surface area contributed by atoms with Crippen molar-refractivity contribution >= 4 is 5.96 Å². The van der Waals surface area contributed by atoms with Gasteiger partial charge in [-0.3, -0.25) is 4.99 Å². The quantitative estimate of drug-likeness (QED) is 0.626. The van der Waals surface area contributed by atoms with Gasteiger partial charge in [-0.1, -0.05) is 25.7 Å². The molecule has 2 aliphatic rings. The number of hydrogen-bond acceptors (Lipinski definition) is 1. The van der Waals surface area contributed by atoms with Crippen LogP contribution in [0.25, 0.3) is 0 Å². The molecule has 1 aliphatic heterocycles. The van der Waals surface area contributed by atoms with Crippen LogP contribution in [0.1, 0.15) is 51.4 Å². The normalized spacial score (nSPS) is 29.3. The highest BCUT2D eigenvalue weighted by Gasteiger charge is 2.45. The standard InChI is InChI=1S/C15H26F3N3/c16-15(17,18)13-8-4-3-7-12(13)11-20-14(19)21-9-5-1-2-6-10-21/h12-13H,1-11H2,(H2,19,20)/t12-,13-/m1/s1. The predicted octanol–water partition coefficient (Wildman–Crippen LogP) is 3.55. The van der Waals surface area contributed by atoms with Gasteiger partial charge in [0, 0.05) is 19.6 Å². The first-order chi connectivity index (χ1) is 9.98. The molecule has 0 bridgehead atoms. The number of likely N-dealkylation sites (tertiary alicyclic amines) is 1. The zero-order valence-corrected chi connectivity index (χ0v) is 12.5. The highest BCUT2D eigenvalue weighted by Crippen LogP contribution is 2.41. The fourth-order valence-corrected chi connectivity index (χ4v) is 3.47. The van der Waals surface area contributed by atoms with Crippen LogP contribution in [0.2, 0.25) is 0 Å². The maximum Gasteiger partial charge on any atom is 0.392 e. The summed E-state index contributed by atoms with van der Waals surface area (Å²) in [5, 5.41) is 0. The molecule has 0 aromatic rings. The van der Waals surface area contributed by atoms with Crippen molar-refractivity contribution in [2.24, 2.45) is 22.6 Å². The lowest BCUT2D eigenvalue weighted by Gasteiger charge is -2.32. The van der Waals surface area contributed by atoms with Gasteiger partial charge in [0.2, 0.25) is 0 Å². The van der Waals surface area contributed by atoms with E-state index in [0.717, 1.165) is 32.4 Å². The molecule has 6 heteroatoms. The summed E-state index contributed by atoms with van der Waals surface area (Å²) in [4.78, 5) is 6.32. The molecular weight excluding hydrogens is 279 g/mol. The summed E-state index contributed by atoms with van der Waals surface area (Å²) in [6.07, 6.45) is 2.87. The van der Waals surface area contributed by atoms with Crippen LogP contribution in [-0.2, 0) is 0 Å². The third-order valence-corrected chi connectivity index (χ3v) is 4.75. The van der Waals surface area contributed by atoms with E-state index in [1.54, 1.807) is 0 Å². The van der Waals surface area contributed by atoms with Gasteiger partial charge in [0.25, 0.3) is 0 Å². The zero-order valence-electron chi connectivity index (χ0n) is 12.5. The van der Waals surface area contributed by atoms with Crippen LogP contribution in [0, 0.1) is 11.8 Å². The summed E-state index contributed by atoms with van der Waals surface area (Å²) in [7, 11) is 0. The van der Waals surface area contributed by atoms with Crippen molar-refractivity contribution in [3.8, 4) is 0 Å². The Labute approximate surface area is 124 Å². The van der Waals surface area contributed by atoms with E-state index >= 15 is 0 Å². The van der Waals surface area contributed by atoms with E-state index in [0.29, 0.717) is 18.8 Å². The second kappa shape index (κ2) is 7.36. The lowest BCUT2D eigenvalue weighted by Crippen LogP contribution is -2.39. The van der Waals surface area contributed by atoms with Crippen LogP contribution in [0.5, 0.6) is 0 Å². The van der Waals surface area contributed by atoms with Crippen molar-refractivity contribution < 1.29 is 13.2 Å². The maximum atomic E-state index is 13.0. The van der Waals surface area contributed by atoms with E-state index < -0.39 is 18.0 Å². The molecule has 2 atom stereocenters. The lowest BCUT2D eigenvalue weighted by molar-refractivity contribution is -0.195. The number of guanidine groups is 1. The molecule has 0 spiro atoms. The average molecular weight is 305 g/mol.